The van der Waals surface area contributed by atoms with Crippen molar-refractivity contribution in [2.75, 3.05) is 6.54 Å². The molecule has 0 bridgehead atoms. The van der Waals surface area contributed by atoms with Crippen LogP contribution in [0.15, 0.2) is 24.4 Å². The second-order valence-corrected chi connectivity index (χ2v) is 4.91. The van der Waals surface area contributed by atoms with Crippen molar-refractivity contribution in [3.05, 3.63) is 52.6 Å². The normalized spacial score (nSPS) is 10.9. The van der Waals surface area contributed by atoms with E-state index in [0.29, 0.717) is 0 Å². The zero-order chi connectivity index (χ0) is 13.8. The molecule has 0 radical (unpaired) electrons. The standard InChI is InChI=1S/C15H20FN3/c1-11-8-15(16)5-4-13(11)6-7-17-9-14-10-19(3)18-12(14)2/h4-5,8,10,17H,6-7,9H2,1-3H3. The van der Waals surface area contributed by atoms with Crippen molar-refractivity contribution in [2.45, 2.75) is 26.8 Å². The SMILES string of the molecule is Cc1cc(F)ccc1CCNCc1cn(C)nc1C. The van der Waals surface area contributed by atoms with Crippen molar-refractivity contribution in [3.8, 4) is 0 Å². The van der Waals surface area contributed by atoms with E-state index < -0.39 is 0 Å². The maximum Gasteiger partial charge on any atom is 0.123 e. The minimum atomic E-state index is -0.166. The van der Waals surface area contributed by atoms with Gasteiger partial charge in [0, 0.05) is 25.4 Å². The summed E-state index contributed by atoms with van der Waals surface area (Å²) in [5, 5.41) is 7.71. The summed E-state index contributed by atoms with van der Waals surface area (Å²) in [4.78, 5) is 0. The third kappa shape index (κ3) is 3.64. The Morgan fingerprint density at radius 3 is 2.68 bits per heavy atom. The highest BCUT2D eigenvalue weighted by Gasteiger charge is 2.03. The lowest BCUT2D eigenvalue weighted by Gasteiger charge is -2.07. The molecule has 0 saturated heterocycles. The van der Waals surface area contributed by atoms with E-state index in [1.807, 2.05) is 37.8 Å². The summed E-state index contributed by atoms with van der Waals surface area (Å²) < 4.78 is 14.8. The highest BCUT2D eigenvalue weighted by atomic mass is 19.1. The molecule has 0 saturated carbocycles. The predicted molar refractivity (Wildman–Crippen MR) is 74.5 cm³/mol. The first-order valence-corrected chi connectivity index (χ1v) is 6.51. The molecule has 1 aromatic heterocycles. The number of rotatable bonds is 5. The van der Waals surface area contributed by atoms with Gasteiger partial charge in [-0.3, -0.25) is 4.68 Å². The number of halogens is 1. The number of nitrogens with zero attached hydrogens (tertiary/aromatic N) is 2. The number of hydrogen-bond acceptors (Lipinski definition) is 2. The molecule has 1 N–H and O–H groups in total. The van der Waals surface area contributed by atoms with Crippen LogP contribution in [-0.2, 0) is 20.0 Å². The molecule has 2 rings (SSSR count). The molecule has 0 aliphatic carbocycles. The average Bonchev–Trinajstić information content (AvgIpc) is 2.65. The summed E-state index contributed by atoms with van der Waals surface area (Å²) >= 11 is 0. The fourth-order valence-corrected chi connectivity index (χ4v) is 2.21. The van der Waals surface area contributed by atoms with E-state index >= 15 is 0 Å². The Balaban J connectivity index is 1.82. The van der Waals surface area contributed by atoms with Gasteiger partial charge in [-0.25, -0.2) is 4.39 Å². The lowest BCUT2D eigenvalue weighted by atomic mass is 10.1. The van der Waals surface area contributed by atoms with E-state index in [2.05, 4.69) is 10.4 Å². The van der Waals surface area contributed by atoms with Gasteiger partial charge >= 0.3 is 0 Å². The molecule has 0 atom stereocenters. The van der Waals surface area contributed by atoms with Gasteiger partial charge in [0.2, 0.25) is 0 Å². The smallest absolute Gasteiger partial charge is 0.123 e. The Labute approximate surface area is 113 Å². The molecule has 0 aliphatic heterocycles. The molecule has 19 heavy (non-hydrogen) atoms. The summed E-state index contributed by atoms with van der Waals surface area (Å²) in [6, 6.07) is 4.97. The summed E-state index contributed by atoms with van der Waals surface area (Å²) in [6.07, 6.45) is 2.94. The van der Waals surface area contributed by atoms with Gasteiger partial charge in [-0.15, -0.1) is 0 Å². The zero-order valence-corrected chi connectivity index (χ0v) is 11.7. The lowest BCUT2D eigenvalue weighted by Crippen LogP contribution is -2.17. The van der Waals surface area contributed by atoms with Crippen LogP contribution in [0.2, 0.25) is 0 Å². The van der Waals surface area contributed by atoms with Gasteiger partial charge in [-0.2, -0.15) is 5.10 Å². The molecular weight excluding hydrogens is 241 g/mol. The molecule has 3 nitrogen and oxygen atoms in total. The molecule has 0 amide bonds. The fourth-order valence-electron chi connectivity index (χ4n) is 2.21. The van der Waals surface area contributed by atoms with Gasteiger partial charge < -0.3 is 5.32 Å². The summed E-state index contributed by atoms with van der Waals surface area (Å²) in [5.74, 6) is -0.166. The van der Waals surface area contributed by atoms with E-state index in [0.717, 1.165) is 30.8 Å². The van der Waals surface area contributed by atoms with Crippen LogP contribution in [0.1, 0.15) is 22.4 Å². The second-order valence-electron chi connectivity index (χ2n) is 4.91. The average molecular weight is 261 g/mol. The van der Waals surface area contributed by atoms with Gasteiger partial charge in [0.05, 0.1) is 5.69 Å². The van der Waals surface area contributed by atoms with Crippen molar-refractivity contribution >= 4 is 0 Å². The van der Waals surface area contributed by atoms with E-state index in [1.165, 1.54) is 17.2 Å². The Kier molecular flexibility index (Phi) is 4.32. The van der Waals surface area contributed by atoms with Crippen LogP contribution in [-0.4, -0.2) is 16.3 Å². The number of benzene rings is 1. The van der Waals surface area contributed by atoms with Gasteiger partial charge in [0.1, 0.15) is 5.82 Å². The number of aromatic nitrogens is 2. The second kappa shape index (κ2) is 5.97. The first kappa shape index (κ1) is 13.7. The highest BCUT2D eigenvalue weighted by Crippen LogP contribution is 2.10. The minimum Gasteiger partial charge on any atom is -0.312 e. The van der Waals surface area contributed by atoms with Crippen molar-refractivity contribution in [1.29, 1.82) is 0 Å². The van der Waals surface area contributed by atoms with Crippen molar-refractivity contribution in [1.82, 2.24) is 15.1 Å². The fraction of sp³-hybridized carbons (Fsp3) is 0.400. The first-order valence-electron chi connectivity index (χ1n) is 6.51. The molecular formula is C15H20FN3. The molecule has 1 heterocycles. The van der Waals surface area contributed by atoms with E-state index in [-0.39, 0.29) is 5.82 Å². The maximum absolute atomic E-state index is 13.0. The van der Waals surface area contributed by atoms with Crippen LogP contribution in [0.4, 0.5) is 4.39 Å². The van der Waals surface area contributed by atoms with E-state index in [4.69, 9.17) is 0 Å². The monoisotopic (exact) mass is 261 g/mol. The molecule has 1 aromatic carbocycles. The molecule has 102 valence electrons. The Hall–Kier alpha value is -1.68. The van der Waals surface area contributed by atoms with Gasteiger partial charge in [-0.1, -0.05) is 6.07 Å². The Bertz CT molecular complexity index is 561. The van der Waals surface area contributed by atoms with Crippen LogP contribution in [0.5, 0.6) is 0 Å². The summed E-state index contributed by atoms with van der Waals surface area (Å²) in [6.45, 7) is 5.66. The van der Waals surface area contributed by atoms with E-state index in [1.54, 1.807) is 6.07 Å². The summed E-state index contributed by atoms with van der Waals surface area (Å²) in [5.41, 5.74) is 4.49. The molecule has 0 aliphatic rings. The maximum atomic E-state index is 13.0. The third-order valence-electron chi connectivity index (χ3n) is 3.31. The third-order valence-corrected chi connectivity index (χ3v) is 3.31. The zero-order valence-electron chi connectivity index (χ0n) is 11.7. The molecule has 2 aromatic rings. The van der Waals surface area contributed by atoms with Crippen LogP contribution in [0.3, 0.4) is 0 Å². The number of nitrogens with one attached hydrogen (secondary N) is 1. The molecule has 0 fully saturated rings. The lowest BCUT2D eigenvalue weighted by molar-refractivity contribution is 0.624. The minimum absolute atomic E-state index is 0.166. The Morgan fingerprint density at radius 1 is 1.26 bits per heavy atom. The summed E-state index contributed by atoms with van der Waals surface area (Å²) in [7, 11) is 1.93. The molecule has 4 heteroatoms. The molecule has 0 unspecified atom stereocenters. The van der Waals surface area contributed by atoms with Crippen LogP contribution in [0.25, 0.3) is 0 Å². The van der Waals surface area contributed by atoms with Crippen molar-refractivity contribution in [2.24, 2.45) is 7.05 Å². The highest BCUT2D eigenvalue weighted by molar-refractivity contribution is 5.26. The van der Waals surface area contributed by atoms with E-state index in [9.17, 15) is 4.39 Å². The number of hydrogen-bond donors (Lipinski definition) is 1. The van der Waals surface area contributed by atoms with Gasteiger partial charge in [-0.05, 0) is 50.1 Å². The van der Waals surface area contributed by atoms with Crippen molar-refractivity contribution in [3.63, 3.8) is 0 Å². The Morgan fingerprint density at radius 2 is 2.05 bits per heavy atom. The quantitative estimate of drug-likeness (QED) is 0.838. The van der Waals surface area contributed by atoms with Crippen LogP contribution >= 0.6 is 0 Å². The largest absolute Gasteiger partial charge is 0.312 e. The van der Waals surface area contributed by atoms with Crippen LogP contribution in [0, 0.1) is 19.7 Å². The first-order chi connectivity index (χ1) is 9.06. The topological polar surface area (TPSA) is 29.9 Å². The predicted octanol–water partition coefficient (Wildman–Crippen LogP) is 2.51. The van der Waals surface area contributed by atoms with Gasteiger partial charge in [0.15, 0.2) is 0 Å². The molecule has 0 spiro atoms. The van der Waals surface area contributed by atoms with Crippen LogP contribution < -0.4 is 5.32 Å². The number of aryl methyl sites for hydroxylation is 3. The van der Waals surface area contributed by atoms with Crippen molar-refractivity contribution < 1.29 is 4.39 Å². The van der Waals surface area contributed by atoms with Gasteiger partial charge in [0.25, 0.3) is 0 Å².